The van der Waals surface area contributed by atoms with Crippen molar-refractivity contribution in [1.29, 1.82) is 0 Å². The SMILES string of the molecule is Brc1ccc(-c2ncc(-c3cccc(Br)c3)[nH]2)cc1. The molecule has 94 valence electrons. The molecule has 4 heteroatoms. The lowest BCUT2D eigenvalue weighted by molar-refractivity contribution is 1.31. The number of hydrogen-bond acceptors (Lipinski definition) is 1. The van der Waals surface area contributed by atoms with Crippen molar-refractivity contribution < 1.29 is 0 Å². The Balaban J connectivity index is 1.97. The molecule has 0 saturated carbocycles. The molecule has 19 heavy (non-hydrogen) atoms. The van der Waals surface area contributed by atoms with Crippen LogP contribution in [0, 0.1) is 0 Å². The second-order valence-electron chi connectivity index (χ2n) is 4.16. The summed E-state index contributed by atoms with van der Waals surface area (Å²) >= 11 is 6.91. The third-order valence-corrected chi connectivity index (χ3v) is 3.85. The fourth-order valence-corrected chi connectivity index (χ4v) is 2.54. The number of imidazole rings is 1. The van der Waals surface area contributed by atoms with Gasteiger partial charge in [0, 0.05) is 20.1 Å². The number of hydrogen-bond donors (Lipinski definition) is 1. The Morgan fingerprint density at radius 3 is 2.37 bits per heavy atom. The first-order chi connectivity index (χ1) is 9.22. The molecule has 0 radical (unpaired) electrons. The van der Waals surface area contributed by atoms with Crippen LogP contribution in [0.2, 0.25) is 0 Å². The van der Waals surface area contributed by atoms with Gasteiger partial charge in [-0.25, -0.2) is 4.98 Å². The minimum Gasteiger partial charge on any atom is -0.338 e. The largest absolute Gasteiger partial charge is 0.338 e. The van der Waals surface area contributed by atoms with Crippen LogP contribution in [0.3, 0.4) is 0 Å². The molecule has 0 saturated heterocycles. The minimum absolute atomic E-state index is 0.877. The molecule has 2 nitrogen and oxygen atoms in total. The highest BCUT2D eigenvalue weighted by Gasteiger charge is 2.05. The summed E-state index contributed by atoms with van der Waals surface area (Å²) < 4.78 is 2.12. The number of aromatic amines is 1. The summed E-state index contributed by atoms with van der Waals surface area (Å²) in [4.78, 5) is 7.78. The zero-order valence-corrected chi connectivity index (χ0v) is 13.1. The molecule has 3 rings (SSSR count). The molecule has 0 atom stereocenters. The summed E-state index contributed by atoms with van der Waals surface area (Å²) in [5.41, 5.74) is 3.20. The van der Waals surface area contributed by atoms with E-state index >= 15 is 0 Å². The summed E-state index contributed by atoms with van der Waals surface area (Å²) in [5.74, 6) is 0.877. The van der Waals surface area contributed by atoms with E-state index < -0.39 is 0 Å². The van der Waals surface area contributed by atoms with Crippen molar-refractivity contribution in [3.8, 4) is 22.6 Å². The zero-order valence-electron chi connectivity index (χ0n) is 9.90. The number of nitrogens with zero attached hydrogens (tertiary/aromatic N) is 1. The fourth-order valence-electron chi connectivity index (χ4n) is 1.88. The molecule has 0 aliphatic carbocycles. The van der Waals surface area contributed by atoms with Crippen molar-refractivity contribution in [3.05, 3.63) is 63.7 Å². The second-order valence-corrected chi connectivity index (χ2v) is 5.99. The topological polar surface area (TPSA) is 28.7 Å². The lowest BCUT2D eigenvalue weighted by Crippen LogP contribution is -1.81. The van der Waals surface area contributed by atoms with Gasteiger partial charge in [-0.1, -0.05) is 56.1 Å². The van der Waals surface area contributed by atoms with E-state index in [1.54, 1.807) is 0 Å². The molecule has 0 aliphatic rings. The summed E-state index contributed by atoms with van der Waals surface area (Å²) in [6.07, 6.45) is 1.86. The molecular formula is C15H10Br2N2. The van der Waals surface area contributed by atoms with Gasteiger partial charge < -0.3 is 4.98 Å². The first kappa shape index (κ1) is 12.6. The molecule has 1 heterocycles. The summed E-state index contributed by atoms with van der Waals surface area (Å²) in [7, 11) is 0. The standard InChI is InChI=1S/C15H10Br2N2/c16-12-6-4-10(5-7-12)15-18-9-14(19-15)11-2-1-3-13(17)8-11/h1-9H,(H,18,19). The van der Waals surface area contributed by atoms with E-state index in [9.17, 15) is 0 Å². The van der Waals surface area contributed by atoms with Crippen LogP contribution in [0.4, 0.5) is 0 Å². The Hall–Kier alpha value is -1.39. The molecule has 0 amide bonds. The molecular weight excluding hydrogens is 368 g/mol. The summed E-state index contributed by atoms with van der Waals surface area (Å²) in [6.45, 7) is 0. The van der Waals surface area contributed by atoms with Crippen molar-refractivity contribution in [2.75, 3.05) is 0 Å². The number of rotatable bonds is 2. The molecule has 1 N–H and O–H groups in total. The maximum absolute atomic E-state index is 4.44. The third kappa shape index (κ3) is 2.80. The van der Waals surface area contributed by atoms with E-state index in [0.717, 1.165) is 31.6 Å². The average Bonchev–Trinajstić information content (AvgIpc) is 2.89. The van der Waals surface area contributed by atoms with Crippen molar-refractivity contribution in [3.63, 3.8) is 0 Å². The normalized spacial score (nSPS) is 10.6. The van der Waals surface area contributed by atoms with E-state index in [0.29, 0.717) is 0 Å². The summed E-state index contributed by atoms with van der Waals surface area (Å²) in [6, 6.07) is 16.2. The lowest BCUT2D eigenvalue weighted by Gasteiger charge is -1.99. The van der Waals surface area contributed by atoms with Crippen LogP contribution in [0.1, 0.15) is 0 Å². The maximum atomic E-state index is 4.44. The van der Waals surface area contributed by atoms with E-state index in [4.69, 9.17) is 0 Å². The van der Waals surface area contributed by atoms with Gasteiger partial charge in [0.25, 0.3) is 0 Å². The number of nitrogens with one attached hydrogen (secondary N) is 1. The van der Waals surface area contributed by atoms with Crippen LogP contribution in [-0.2, 0) is 0 Å². The van der Waals surface area contributed by atoms with Crippen LogP contribution in [-0.4, -0.2) is 9.97 Å². The molecule has 0 bridgehead atoms. The van der Waals surface area contributed by atoms with Gasteiger partial charge in [0.1, 0.15) is 5.82 Å². The lowest BCUT2D eigenvalue weighted by atomic mass is 10.2. The maximum Gasteiger partial charge on any atom is 0.137 e. The predicted molar refractivity (Wildman–Crippen MR) is 84.9 cm³/mol. The molecule has 0 spiro atoms. The number of aromatic nitrogens is 2. The monoisotopic (exact) mass is 376 g/mol. The van der Waals surface area contributed by atoms with Crippen molar-refractivity contribution in [1.82, 2.24) is 9.97 Å². The van der Waals surface area contributed by atoms with Gasteiger partial charge in [-0.05, 0) is 24.3 Å². The van der Waals surface area contributed by atoms with Crippen LogP contribution in [0.5, 0.6) is 0 Å². The second kappa shape index (κ2) is 5.31. The highest BCUT2D eigenvalue weighted by Crippen LogP contribution is 2.25. The molecule has 0 aliphatic heterocycles. The fraction of sp³-hybridized carbons (Fsp3) is 0. The van der Waals surface area contributed by atoms with Crippen LogP contribution in [0.25, 0.3) is 22.6 Å². The van der Waals surface area contributed by atoms with E-state index in [1.165, 1.54) is 0 Å². The van der Waals surface area contributed by atoms with Gasteiger partial charge >= 0.3 is 0 Å². The zero-order chi connectivity index (χ0) is 13.2. The first-order valence-corrected chi connectivity index (χ1v) is 7.38. The highest BCUT2D eigenvalue weighted by atomic mass is 79.9. The smallest absolute Gasteiger partial charge is 0.137 e. The minimum atomic E-state index is 0.877. The van der Waals surface area contributed by atoms with Gasteiger partial charge in [-0.3, -0.25) is 0 Å². The van der Waals surface area contributed by atoms with Crippen molar-refractivity contribution >= 4 is 31.9 Å². The van der Waals surface area contributed by atoms with Gasteiger partial charge in [0.2, 0.25) is 0 Å². The average molecular weight is 378 g/mol. The quantitative estimate of drug-likeness (QED) is 0.647. The Morgan fingerprint density at radius 2 is 1.63 bits per heavy atom. The predicted octanol–water partition coefficient (Wildman–Crippen LogP) is 5.27. The van der Waals surface area contributed by atoms with Crippen LogP contribution in [0.15, 0.2) is 63.7 Å². The van der Waals surface area contributed by atoms with E-state index in [1.807, 2.05) is 42.6 Å². The molecule has 2 aromatic carbocycles. The number of H-pyrrole nitrogens is 1. The highest BCUT2D eigenvalue weighted by molar-refractivity contribution is 9.10. The Bertz CT molecular complexity index is 702. The van der Waals surface area contributed by atoms with Gasteiger partial charge in [-0.15, -0.1) is 0 Å². The Morgan fingerprint density at radius 1 is 0.842 bits per heavy atom. The molecule has 1 aromatic heterocycles. The van der Waals surface area contributed by atoms with Gasteiger partial charge in [0.15, 0.2) is 0 Å². The Kier molecular flexibility index (Phi) is 3.53. The number of halogens is 2. The first-order valence-electron chi connectivity index (χ1n) is 5.79. The van der Waals surface area contributed by atoms with Crippen LogP contribution < -0.4 is 0 Å². The van der Waals surface area contributed by atoms with Gasteiger partial charge in [-0.2, -0.15) is 0 Å². The third-order valence-electron chi connectivity index (χ3n) is 2.83. The van der Waals surface area contributed by atoms with Gasteiger partial charge in [0.05, 0.1) is 11.9 Å². The molecule has 0 fully saturated rings. The van der Waals surface area contributed by atoms with E-state index in [-0.39, 0.29) is 0 Å². The molecule has 0 unspecified atom stereocenters. The van der Waals surface area contributed by atoms with Crippen LogP contribution >= 0.6 is 31.9 Å². The van der Waals surface area contributed by atoms with Crippen molar-refractivity contribution in [2.45, 2.75) is 0 Å². The van der Waals surface area contributed by atoms with E-state index in [2.05, 4.69) is 54.0 Å². The number of benzene rings is 2. The molecule has 3 aromatic rings. The Labute approximate surface area is 128 Å². The summed E-state index contributed by atoms with van der Waals surface area (Å²) in [5, 5.41) is 0. The van der Waals surface area contributed by atoms with Crippen molar-refractivity contribution in [2.24, 2.45) is 0 Å².